The van der Waals surface area contributed by atoms with Gasteiger partial charge in [-0.3, -0.25) is 9.67 Å². The first-order valence-electron chi connectivity index (χ1n) is 8.00. The van der Waals surface area contributed by atoms with Crippen molar-refractivity contribution in [1.82, 2.24) is 20.4 Å². The molecule has 2 heterocycles. The minimum atomic E-state index is 0.291. The SMILES string of the molecule is CN=C(NCCCn1cccn1)NCCOCC1CCCO1. The van der Waals surface area contributed by atoms with E-state index >= 15 is 0 Å². The Labute approximate surface area is 132 Å². The molecule has 7 heteroatoms. The summed E-state index contributed by atoms with van der Waals surface area (Å²) in [6.07, 6.45) is 7.33. The van der Waals surface area contributed by atoms with Gasteiger partial charge in [0.25, 0.3) is 0 Å². The van der Waals surface area contributed by atoms with E-state index in [1.807, 2.05) is 16.9 Å². The van der Waals surface area contributed by atoms with Crippen LogP contribution in [0.25, 0.3) is 0 Å². The topological polar surface area (TPSA) is 72.7 Å². The van der Waals surface area contributed by atoms with Crippen molar-refractivity contribution in [2.45, 2.75) is 31.9 Å². The van der Waals surface area contributed by atoms with Crippen molar-refractivity contribution in [2.75, 3.05) is 40.0 Å². The highest BCUT2D eigenvalue weighted by atomic mass is 16.5. The molecular weight excluding hydrogens is 282 g/mol. The lowest BCUT2D eigenvalue weighted by atomic mass is 10.2. The Morgan fingerprint density at radius 1 is 1.45 bits per heavy atom. The van der Waals surface area contributed by atoms with Crippen LogP contribution < -0.4 is 10.6 Å². The summed E-state index contributed by atoms with van der Waals surface area (Å²) in [5, 5.41) is 10.7. The molecule has 124 valence electrons. The number of ether oxygens (including phenoxy) is 2. The Kier molecular flexibility index (Phi) is 7.76. The molecule has 2 rings (SSSR count). The largest absolute Gasteiger partial charge is 0.377 e. The summed E-state index contributed by atoms with van der Waals surface area (Å²) in [7, 11) is 1.77. The summed E-state index contributed by atoms with van der Waals surface area (Å²) >= 11 is 0. The Balaban J connectivity index is 1.46. The number of nitrogens with zero attached hydrogens (tertiary/aromatic N) is 3. The number of nitrogens with one attached hydrogen (secondary N) is 2. The Hall–Kier alpha value is -1.60. The standard InChI is InChI=1S/C15H27N5O2/c1-16-15(17-6-3-9-20-10-4-7-19-20)18-8-12-21-13-14-5-2-11-22-14/h4,7,10,14H,2-3,5-6,8-9,11-13H2,1H3,(H2,16,17,18). The third-order valence-corrected chi connectivity index (χ3v) is 3.51. The number of hydrogen-bond acceptors (Lipinski definition) is 4. The van der Waals surface area contributed by atoms with Crippen LogP contribution in [0.15, 0.2) is 23.5 Å². The van der Waals surface area contributed by atoms with Gasteiger partial charge in [0.15, 0.2) is 5.96 Å². The molecule has 1 aromatic rings. The molecule has 1 aliphatic heterocycles. The molecule has 1 saturated heterocycles. The highest BCUT2D eigenvalue weighted by Gasteiger charge is 2.14. The molecule has 1 atom stereocenters. The van der Waals surface area contributed by atoms with E-state index in [9.17, 15) is 0 Å². The zero-order valence-electron chi connectivity index (χ0n) is 13.3. The van der Waals surface area contributed by atoms with Gasteiger partial charge in [0.2, 0.25) is 0 Å². The first-order valence-corrected chi connectivity index (χ1v) is 8.00. The third kappa shape index (κ3) is 6.44. The third-order valence-electron chi connectivity index (χ3n) is 3.51. The molecule has 7 nitrogen and oxygen atoms in total. The van der Waals surface area contributed by atoms with E-state index in [1.165, 1.54) is 0 Å². The number of hydrogen-bond donors (Lipinski definition) is 2. The lowest BCUT2D eigenvalue weighted by molar-refractivity contribution is 0.0191. The van der Waals surface area contributed by atoms with Gasteiger partial charge in [0.05, 0.1) is 19.3 Å². The zero-order valence-corrected chi connectivity index (χ0v) is 13.3. The van der Waals surface area contributed by atoms with Crippen LogP contribution in [0.3, 0.4) is 0 Å². The summed E-state index contributed by atoms with van der Waals surface area (Å²) in [5.41, 5.74) is 0. The van der Waals surface area contributed by atoms with E-state index in [4.69, 9.17) is 9.47 Å². The van der Waals surface area contributed by atoms with Crippen molar-refractivity contribution < 1.29 is 9.47 Å². The van der Waals surface area contributed by atoms with Gasteiger partial charge in [0, 0.05) is 45.7 Å². The van der Waals surface area contributed by atoms with E-state index in [2.05, 4.69) is 20.7 Å². The summed E-state index contributed by atoms with van der Waals surface area (Å²) in [5.74, 6) is 0.807. The normalized spacial score (nSPS) is 18.6. The van der Waals surface area contributed by atoms with Crippen molar-refractivity contribution in [3.8, 4) is 0 Å². The molecule has 0 radical (unpaired) electrons. The summed E-state index contributed by atoms with van der Waals surface area (Å²) < 4.78 is 13.0. The molecule has 0 aromatic carbocycles. The van der Waals surface area contributed by atoms with Gasteiger partial charge >= 0.3 is 0 Å². The fourth-order valence-electron chi connectivity index (χ4n) is 2.33. The number of rotatable bonds is 9. The highest BCUT2D eigenvalue weighted by molar-refractivity contribution is 5.79. The molecule has 22 heavy (non-hydrogen) atoms. The minimum Gasteiger partial charge on any atom is -0.377 e. The second kappa shape index (κ2) is 10.2. The number of aryl methyl sites for hydroxylation is 1. The molecule has 1 aromatic heterocycles. The second-order valence-electron chi connectivity index (χ2n) is 5.26. The number of aromatic nitrogens is 2. The summed E-state index contributed by atoms with van der Waals surface area (Å²) in [4.78, 5) is 4.19. The van der Waals surface area contributed by atoms with Crippen LogP contribution in [0, 0.1) is 0 Å². The van der Waals surface area contributed by atoms with Crippen LogP contribution in [0.1, 0.15) is 19.3 Å². The maximum Gasteiger partial charge on any atom is 0.191 e. The average Bonchev–Trinajstić information content (AvgIpc) is 3.22. The van der Waals surface area contributed by atoms with Gasteiger partial charge in [-0.2, -0.15) is 5.10 Å². The molecule has 0 bridgehead atoms. The molecule has 0 saturated carbocycles. The molecule has 1 unspecified atom stereocenters. The van der Waals surface area contributed by atoms with Crippen molar-refractivity contribution in [2.24, 2.45) is 4.99 Å². The molecule has 2 N–H and O–H groups in total. The van der Waals surface area contributed by atoms with Gasteiger partial charge in [-0.1, -0.05) is 0 Å². The van der Waals surface area contributed by atoms with Crippen LogP contribution in [0.2, 0.25) is 0 Å². The molecule has 0 aliphatic carbocycles. The van der Waals surface area contributed by atoms with Gasteiger partial charge in [-0.05, 0) is 25.3 Å². The Morgan fingerprint density at radius 3 is 3.09 bits per heavy atom. The van der Waals surface area contributed by atoms with Crippen LogP contribution in [0.5, 0.6) is 0 Å². The molecule has 1 aliphatic rings. The zero-order chi connectivity index (χ0) is 15.5. The van der Waals surface area contributed by atoms with Crippen molar-refractivity contribution in [3.05, 3.63) is 18.5 Å². The quantitative estimate of drug-likeness (QED) is 0.398. The Bertz CT molecular complexity index is 416. The lowest BCUT2D eigenvalue weighted by Crippen LogP contribution is -2.39. The molecule has 0 amide bonds. The van der Waals surface area contributed by atoms with E-state index in [0.29, 0.717) is 19.3 Å². The van der Waals surface area contributed by atoms with Crippen LogP contribution >= 0.6 is 0 Å². The molecular formula is C15H27N5O2. The predicted octanol–water partition coefficient (Wildman–Crippen LogP) is 0.634. The van der Waals surface area contributed by atoms with E-state index in [0.717, 1.165) is 51.5 Å². The maximum absolute atomic E-state index is 5.61. The average molecular weight is 309 g/mol. The second-order valence-corrected chi connectivity index (χ2v) is 5.26. The monoisotopic (exact) mass is 309 g/mol. The smallest absolute Gasteiger partial charge is 0.191 e. The minimum absolute atomic E-state index is 0.291. The first kappa shape index (κ1) is 16.8. The van der Waals surface area contributed by atoms with Crippen molar-refractivity contribution in [1.29, 1.82) is 0 Å². The maximum atomic E-state index is 5.61. The van der Waals surface area contributed by atoms with E-state index < -0.39 is 0 Å². The van der Waals surface area contributed by atoms with Crippen molar-refractivity contribution >= 4 is 5.96 Å². The Morgan fingerprint density at radius 2 is 2.36 bits per heavy atom. The predicted molar refractivity (Wildman–Crippen MR) is 86.0 cm³/mol. The van der Waals surface area contributed by atoms with Gasteiger partial charge in [0.1, 0.15) is 0 Å². The van der Waals surface area contributed by atoms with E-state index in [1.54, 1.807) is 13.2 Å². The van der Waals surface area contributed by atoms with Crippen LogP contribution in [-0.4, -0.2) is 61.8 Å². The fourth-order valence-corrected chi connectivity index (χ4v) is 2.33. The fraction of sp³-hybridized carbons (Fsp3) is 0.733. The number of aliphatic imine (C=N–C) groups is 1. The van der Waals surface area contributed by atoms with Gasteiger partial charge in [-0.15, -0.1) is 0 Å². The molecule has 1 fully saturated rings. The van der Waals surface area contributed by atoms with Crippen molar-refractivity contribution in [3.63, 3.8) is 0 Å². The number of guanidine groups is 1. The molecule has 0 spiro atoms. The summed E-state index contributed by atoms with van der Waals surface area (Å²) in [6, 6.07) is 1.94. The van der Waals surface area contributed by atoms with Gasteiger partial charge < -0.3 is 20.1 Å². The van der Waals surface area contributed by atoms with Gasteiger partial charge in [-0.25, -0.2) is 0 Å². The van der Waals surface area contributed by atoms with Crippen LogP contribution in [0.4, 0.5) is 0 Å². The highest BCUT2D eigenvalue weighted by Crippen LogP contribution is 2.11. The van der Waals surface area contributed by atoms with Crippen LogP contribution in [-0.2, 0) is 16.0 Å². The van der Waals surface area contributed by atoms with E-state index in [-0.39, 0.29) is 0 Å². The lowest BCUT2D eigenvalue weighted by Gasteiger charge is -2.13. The summed E-state index contributed by atoms with van der Waals surface area (Å²) in [6.45, 7) is 4.73. The first-order chi connectivity index (χ1) is 10.9.